The first-order chi connectivity index (χ1) is 9.33. The van der Waals surface area contributed by atoms with Crippen LogP contribution in [0.5, 0.6) is 0 Å². The lowest BCUT2D eigenvalue weighted by Crippen LogP contribution is -2.54. The van der Waals surface area contributed by atoms with E-state index in [4.69, 9.17) is 5.73 Å². The highest BCUT2D eigenvalue weighted by Crippen LogP contribution is 2.41. The van der Waals surface area contributed by atoms with Crippen molar-refractivity contribution in [1.82, 2.24) is 0 Å². The van der Waals surface area contributed by atoms with E-state index < -0.39 is 0 Å². The van der Waals surface area contributed by atoms with E-state index in [1.165, 1.54) is 36.0 Å². The molecular formula is C19H31N. The van der Waals surface area contributed by atoms with E-state index in [0.717, 1.165) is 12.3 Å². The van der Waals surface area contributed by atoms with Gasteiger partial charge < -0.3 is 5.73 Å². The minimum absolute atomic E-state index is 0.0251. The largest absolute Gasteiger partial charge is 0.325 e. The number of rotatable bonds is 3. The van der Waals surface area contributed by atoms with E-state index in [-0.39, 0.29) is 5.54 Å². The molecule has 0 heterocycles. The van der Waals surface area contributed by atoms with Crippen LogP contribution in [0, 0.1) is 31.6 Å². The van der Waals surface area contributed by atoms with E-state index in [2.05, 4.69) is 52.8 Å². The van der Waals surface area contributed by atoms with Gasteiger partial charge in [0.1, 0.15) is 0 Å². The Hall–Kier alpha value is -0.820. The summed E-state index contributed by atoms with van der Waals surface area (Å²) in [6.07, 6.45) is 4.84. The van der Waals surface area contributed by atoms with Gasteiger partial charge in [0, 0.05) is 5.54 Å². The second kappa shape index (κ2) is 5.89. The van der Waals surface area contributed by atoms with Crippen LogP contribution in [0.3, 0.4) is 0 Å². The molecule has 0 aromatic heterocycles. The van der Waals surface area contributed by atoms with Gasteiger partial charge in [-0.3, -0.25) is 0 Å². The number of hydrogen-bond donors (Lipinski definition) is 1. The summed E-state index contributed by atoms with van der Waals surface area (Å²) in [5.74, 6) is 2.09. The van der Waals surface area contributed by atoms with E-state index in [1.54, 1.807) is 0 Å². The lowest BCUT2D eigenvalue weighted by molar-refractivity contribution is 0.109. The molecule has 0 saturated heterocycles. The summed E-state index contributed by atoms with van der Waals surface area (Å²) in [5, 5.41) is 0. The van der Waals surface area contributed by atoms with Gasteiger partial charge in [-0.1, -0.05) is 45.4 Å². The van der Waals surface area contributed by atoms with Crippen LogP contribution in [0.4, 0.5) is 0 Å². The molecule has 20 heavy (non-hydrogen) atoms. The van der Waals surface area contributed by atoms with Crippen LogP contribution in [0.15, 0.2) is 18.2 Å². The van der Waals surface area contributed by atoms with Gasteiger partial charge in [-0.25, -0.2) is 0 Å². The van der Waals surface area contributed by atoms with E-state index >= 15 is 0 Å². The molecule has 3 atom stereocenters. The summed E-state index contributed by atoms with van der Waals surface area (Å²) < 4.78 is 0. The van der Waals surface area contributed by atoms with Crippen molar-refractivity contribution in [1.29, 1.82) is 0 Å². The highest BCUT2D eigenvalue weighted by atomic mass is 14.8. The molecule has 2 N–H and O–H groups in total. The molecule has 0 radical (unpaired) electrons. The number of benzene rings is 1. The van der Waals surface area contributed by atoms with Crippen molar-refractivity contribution >= 4 is 0 Å². The average molecular weight is 273 g/mol. The molecule has 1 aromatic carbocycles. The van der Waals surface area contributed by atoms with Crippen molar-refractivity contribution in [2.45, 2.75) is 65.8 Å². The van der Waals surface area contributed by atoms with Crippen molar-refractivity contribution in [2.24, 2.45) is 23.5 Å². The zero-order valence-electron chi connectivity index (χ0n) is 13.9. The smallest absolute Gasteiger partial charge is 0.0228 e. The molecule has 1 saturated carbocycles. The van der Waals surface area contributed by atoms with Gasteiger partial charge in [0.05, 0.1) is 0 Å². The molecule has 1 nitrogen and oxygen atoms in total. The highest BCUT2D eigenvalue weighted by Gasteiger charge is 2.41. The van der Waals surface area contributed by atoms with Crippen molar-refractivity contribution in [3.8, 4) is 0 Å². The van der Waals surface area contributed by atoms with Crippen molar-refractivity contribution in [3.63, 3.8) is 0 Å². The van der Waals surface area contributed by atoms with Gasteiger partial charge in [0.2, 0.25) is 0 Å². The van der Waals surface area contributed by atoms with Gasteiger partial charge in [-0.15, -0.1) is 0 Å². The maximum atomic E-state index is 6.96. The molecule has 0 amide bonds. The summed E-state index contributed by atoms with van der Waals surface area (Å²) in [6.45, 7) is 11.5. The third-order valence-corrected chi connectivity index (χ3v) is 5.39. The molecule has 1 aromatic rings. The maximum absolute atomic E-state index is 6.96. The summed E-state index contributed by atoms with van der Waals surface area (Å²) in [5.41, 5.74) is 11.2. The monoisotopic (exact) mass is 273 g/mol. The predicted molar refractivity (Wildman–Crippen MR) is 87.9 cm³/mol. The van der Waals surface area contributed by atoms with Gasteiger partial charge in [0.15, 0.2) is 0 Å². The van der Waals surface area contributed by atoms with Crippen molar-refractivity contribution < 1.29 is 0 Å². The minimum atomic E-state index is -0.0251. The summed E-state index contributed by atoms with van der Waals surface area (Å²) >= 11 is 0. The minimum Gasteiger partial charge on any atom is -0.325 e. The average Bonchev–Trinajstić information content (AvgIpc) is 2.33. The quantitative estimate of drug-likeness (QED) is 0.853. The molecule has 1 aliphatic rings. The first kappa shape index (κ1) is 15.6. The second-order valence-corrected chi connectivity index (χ2v) is 7.52. The molecule has 3 unspecified atom stereocenters. The Morgan fingerprint density at radius 2 is 1.80 bits per heavy atom. The Morgan fingerprint density at radius 1 is 1.20 bits per heavy atom. The summed E-state index contributed by atoms with van der Waals surface area (Å²) in [6, 6.07) is 6.60. The first-order valence-corrected chi connectivity index (χ1v) is 8.17. The van der Waals surface area contributed by atoms with E-state index in [9.17, 15) is 0 Å². The summed E-state index contributed by atoms with van der Waals surface area (Å²) in [7, 11) is 0. The number of aryl methyl sites for hydroxylation is 2. The van der Waals surface area contributed by atoms with Gasteiger partial charge in [-0.2, -0.15) is 0 Å². The van der Waals surface area contributed by atoms with Crippen LogP contribution in [-0.2, 0) is 6.42 Å². The lowest BCUT2D eigenvalue weighted by atomic mass is 9.63. The fourth-order valence-electron chi connectivity index (χ4n) is 4.31. The number of nitrogens with two attached hydrogens (primary N) is 1. The molecule has 0 aliphatic heterocycles. The maximum Gasteiger partial charge on any atom is 0.0228 e. The number of hydrogen-bond acceptors (Lipinski definition) is 1. The third-order valence-electron chi connectivity index (χ3n) is 5.39. The molecule has 2 rings (SSSR count). The van der Waals surface area contributed by atoms with Crippen molar-refractivity contribution in [2.75, 3.05) is 0 Å². The third kappa shape index (κ3) is 3.09. The SMILES string of the molecule is Cc1cccc(C)c1CC1(N)CC(C)CCC1C(C)C. The molecule has 0 spiro atoms. The first-order valence-electron chi connectivity index (χ1n) is 8.17. The van der Waals surface area contributed by atoms with Crippen molar-refractivity contribution in [3.05, 3.63) is 34.9 Å². The normalized spacial score (nSPS) is 30.8. The molecular weight excluding hydrogens is 242 g/mol. The Labute approximate surface area is 125 Å². The topological polar surface area (TPSA) is 26.0 Å². The zero-order valence-corrected chi connectivity index (χ0v) is 13.9. The van der Waals surface area contributed by atoms with Crippen LogP contribution in [0.25, 0.3) is 0 Å². The summed E-state index contributed by atoms with van der Waals surface area (Å²) in [4.78, 5) is 0. The molecule has 1 aliphatic carbocycles. The van der Waals surface area contributed by atoms with Crippen LogP contribution >= 0.6 is 0 Å². The van der Waals surface area contributed by atoms with Crippen LogP contribution < -0.4 is 5.73 Å². The van der Waals surface area contributed by atoms with Crippen LogP contribution in [0.2, 0.25) is 0 Å². The Bertz CT molecular complexity index is 443. The molecule has 1 fully saturated rings. The fraction of sp³-hybridized carbons (Fsp3) is 0.684. The Kier molecular flexibility index (Phi) is 4.59. The Morgan fingerprint density at radius 3 is 2.35 bits per heavy atom. The van der Waals surface area contributed by atoms with Crippen LogP contribution in [0.1, 0.15) is 56.7 Å². The van der Waals surface area contributed by atoms with Gasteiger partial charge in [-0.05, 0) is 67.6 Å². The van der Waals surface area contributed by atoms with Gasteiger partial charge >= 0.3 is 0 Å². The molecule has 112 valence electrons. The van der Waals surface area contributed by atoms with E-state index in [0.29, 0.717) is 11.8 Å². The zero-order chi connectivity index (χ0) is 14.9. The predicted octanol–water partition coefficient (Wildman–Crippen LogP) is 4.64. The fourth-order valence-corrected chi connectivity index (χ4v) is 4.31. The molecule has 1 heteroatoms. The Balaban J connectivity index is 2.31. The van der Waals surface area contributed by atoms with Gasteiger partial charge in [0.25, 0.3) is 0 Å². The standard InChI is InChI=1S/C19H31N/c1-13(2)18-10-9-14(3)11-19(18,20)12-17-15(4)7-6-8-16(17)5/h6-8,13-14,18H,9-12,20H2,1-5H3. The van der Waals surface area contributed by atoms with E-state index in [1.807, 2.05) is 0 Å². The lowest BCUT2D eigenvalue weighted by Gasteiger charge is -2.46. The highest BCUT2D eigenvalue weighted by molar-refractivity contribution is 5.35. The molecule has 0 bridgehead atoms. The van der Waals surface area contributed by atoms with Crippen LogP contribution in [-0.4, -0.2) is 5.54 Å². The second-order valence-electron chi connectivity index (χ2n) is 7.52.